The van der Waals surface area contributed by atoms with E-state index in [0.717, 1.165) is 0 Å². The zero-order valence-corrected chi connectivity index (χ0v) is 6.78. The number of hydrogen-bond acceptors (Lipinski definition) is 4. The molecule has 0 bridgehead atoms. The fourth-order valence-electron chi connectivity index (χ4n) is 0.481. The maximum atomic E-state index is 9.93. The molecule has 0 fully saturated rings. The zero-order valence-electron chi connectivity index (χ0n) is 5.19. The normalized spacial score (nSPS) is 9.18. The molecule has 0 amide bonds. The number of nitrogens with zero attached hydrogens (tertiary/aromatic N) is 3. The molecule has 0 aromatic carbocycles. The van der Waals surface area contributed by atoms with Crippen molar-refractivity contribution < 1.29 is 5.03 Å². The molecule has 0 saturated carbocycles. The first kappa shape index (κ1) is 7.86. The molecular formula is C4H3BrN4O2. The van der Waals surface area contributed by atoms with Gasteiger partial charge in [0.05, 0.1) is 4.47 Å². The second kappa shape index (κ2) is 3.24. The molecule has 1 aromatic rings. The minimum Gasteiger partial charge on any atom is -0.243 e. The van der Waals surface area contributed by atoms with Gasteiger partial charge in [-0.2, -0.15) is 0 Å². The molecule has 0 aliphatic carbocycles. The molecule has 1 heterocycles. The number of nitrogens with one attached hydrogen (secondary N) is 1. The van der Waals surface area contributed by atoms with Crippen LogP contribution in [0.3, 0.4) is 0 Å². The van der Waals surface area contributed by atoms with Gasteiger partial charge in [0.15, 0.2) is 5.03 Å². The van der Waals surface area contributed by atoms with Gasteiger partial charge < -0.3 is 0 Å². The Hall–Kier alpha value is -1.24. The van der Waals surface area contributed by atoms with Crippen molar-refractivity contribution in [2.24, 2.45) is 0 Å². The first-order chi connectivity index (χ1) is 5.20. The predicted octanol–water partition coefficient (Wildman–Crippen LogP) is 0.843. The monoisotopic (exact) mass is 218 g/mol. The van der Waals surface area contributed by atoms with E-state index in [1.165, 1.54) is 12.5 Å². The van der Waals surface area contributed by atoms with Gasteiger partial charge in [0.25, 0.3) is 0 Å². The molecule has 7 heteroatoms. The van der Waals surface area contributed by atoms with Gasteiger partial charge in [0.1, 0.15) is 6.33 Å². The molecule has 0 aliphatic rings. The summed E-state index contributed by atoms with van der Waals surface area (Å²) in [4.78, 5) is 17.2. The highest BCUT2D eigenvalue weighted by molar-refractivity contribution is 9.10. The fraction of sp³-hybridized carbons (Fsp3) is 0. The Morgan fingerprint density at radius 3 is 3.00 bits per heavy atom. The molecule has 0 aliphatic heterocycles. The van der Waals surface area contributed by atoms with Crippen LogP contribution < -0.4 is 5.43 Å². The Morgan fingerprint density at radius 1 is 1.73 bits per heavy atom. The standard InChI is InChI=1S/C4H3BrN4O2/c5-3-1-6-2-7-4(3)8-9(10)11/h1-2H,(H,6,7,8). The maximum absolute atomic E-state index is 9.93. The van der Waals surface area contributed by atoms with Gasteiger partial charge in [-0.15, -0.1) is 0 Å². The molecule has 0 spiro atoms. The van der Waals surface area contributed by atoms with E-state index < -0.39 is 5.03 Å². The summed E-state index contributed by atoms with van der Waals surface area (Å²) in [7, 11) is 0. The molecule has 1 rings (SSSR count). The Bertz CT molecular complexity index is 279. The van der Waals surface area contributed by atoms with Crippen LogP contribution in [0.4, 0.5) is 5.82 Å². The van der Waals surface area contributed by atoms with Gasteiger partial charge in [-0.1, -0.05) is 5.43 Å². The second-order valence-corrected chi connectivity index (χ2v) is 2.44. The van der Waals surface area contributed by atoms with Crippen molar-refractivity contribution in [3.63, 3.8) is 0 Å². The fourth-order valence-corrected chi connectivity index (χ4v) is 0.791. The van der Waals surface area contributed by atoms with Gasteiger partial charge in [0, 0.05) is 6.20 Å². The predicted molar refractivity (Wildman–Crippen MR) is 40.3 cm³/mol. The number of hydrazine groups is 1. The van der Waals surface area contributed by atoms with E-state index in [0.29, 0.717) is 4.47 Å². The van der Waals surface area contributed by atoms with Gasteiger partial charge >= 0.3 is 0 Å². The Labute approximate surface area is 69.9 Å². The Balaban J connectivity index is 2.86. The summed E-state index contributed by atoms with van der Waals surface area (Å²) in [5.41, 5.74) is 1.90. The Kier molecular flexibility index (Phi) is 2.32. The SMILES string of the molecule is O=[N+]([O-])Nc1ncncc1Br. The number of halogens is 1. The van der Waals surface area contributed by atoms with Crippen molar-refractivity contribution in [1.82, 2.24) is 9.97 Å². The van der Waals surface area contributed by atoms with Crippen LogP contribution in [0.1, 0.15) is 0 Å². The number of rotatable bonds is 2. The lowest BCUT2D eigenvalue weighted by molar-refractivity contribution is -0.445. The summed E-state index contributed by atoms with van der Waals surface area (Å²) in [5.74, 6) is 0.144. The van der Waals surface area contributed by atoms with Gasteiger partial charge in [-0.05, 0) is 15.9 Å². The quantitative estimate of drug-likeness (QED) is 0.588. The molecule has 1 N–H and O–H groups in total. The van der Waals surface area contributed by atoms with Crippen molar-refractivity contribution in [3.05, 3.63) is 27.1 Å². The van der Waals surface area contributed by atoms with Gasteiger partial charge in [-0.3, -0.25) is 0 Å². The molecule has 58 valence electrons. The van der Waals surface area contributed by atoms with Gasteiger partial charge in [-0.25, -0.2) is 20.1 Å². The third-order valence-corrected chi connectivity index (χ3v) is 1.45. The molecule has 0 unspecified atom stereocenters. The van der Waals surface area contributed by atoms with E-state index in [2.05, 4.69) is 25.9 Å². The van der Waals surface area contributed by atoms with Crippen LogP contribution in [0.2, 0.25) is 0 Å². The van der Waals surface area contributed by atoms with Crippen molar-refractivity contribution >= 4 is 21.7 Å². The maximum Gasteiger partial charge on any atom is 0.207 e. The molecule has 0 saturated heterocycles. The highest BCUT2D eigenvalue weighted by atomic mass is 79.9. The van der Waals surface area contributed by atoms with Crippen LogP contribution in [0.25, 0.3) is 0 Å². The number of aromatic nitrogens is 2. The molecule has 0 atom stereocenters. The average molecular weight is 219 g/mol. The lowest BCUT2D eigenvalue weighted by atomic mass is 10.6. The third-order valence-electron chi connectivity index (χ3n) is 0.865. The smallest absolute Gasteiger partial charge is 0.207 e. The van der Waals surface area contributed by atoms with E-state index in [4.69, 9.17) is 0 Å². The third kappa shape index (κ3) is 2.11. The highest BCUT2D eigenvalue weighted by Gasteiger charge is 2.04. The summed E-state index contributed by atoms with van der Waals surface area (Å²) >= 11 is 3.03. The summed E-state index contributed by atoms with van der Waals surface area (Å²) < 4.78 is 0.455. The topological polar surface area (TPSA) is 81.0 Å². The summed E-state index contributed by atoms with van der Waals surface area (Å²) in [6, 6.07) is 0. The van der Waals surface area contributed by atoms with E-state index in [1.807, 2.05) is 5.43 Å². The first-order valence-corrected chi connectivity index (χ1v) is 3.36. The first-order valence-electron chi connectivity index (χ1n) is 2.56. The van der Waals surface area contributed by atoms with Crippen LogP contribution in [0, 0.1) is 10.1 Å². The zero-order chi connectivity index (χ0) is 8.27. The van der Waals surface area contributed by atoms with Crippen LogP contribution in [-0.2, 0) is 0 Å². The van der Waals surface area contributed by atoms with Crippen LogP contribution in [0.15, 0.2) is 17.0 Å². The average Bonchev–Trinajstić information content (AvgIpc) is 1.93. The van der Waals surface area contributed by atoms with E-state index >= 15 is 0 Å². The molecule has 11 heavy (non-hydrogen) atoms. The Morgan fingerprint density at radius 2 is 2.45 bits per heavy atom. The van der Waals surface area contributed by atoms with Crippen LogP contribution >= 0.6 is 15.9 Å². The van der Waals surface area contributed by atoms with Crippen molar-refractivity contribution in [2.75, 3.05) is 5.43 Å². The second-order valence-electron chi connectivity index (χ2n) is 1.59. The summed E-state index contributed by atoms with van der Waals surface area (Å²) in [6.07, 6.45) is 2.63. The van der Waals surface area contributed by atoms with Crippen LogP contribution in [0.5, 0.6) is 0 Å². The molecule has 6 nitrogen and oxygen atoms in total. The van der Waals surface area contributed by atoms with E-state index in [1.54, 1.807) is 0 Å². The molecule has 0 radical (unpaired) electrons. The van der Waals surface area contributed by atoms with Crippen molar-refractivity contribution in [1.29, 1.82) is 0 Å². The molecular weight excluding hydrogens is 216 g/mol. The number of nitro groups is 1. The molecule has 1 aromatic heterocycles. The van der Waals surface area contributed by atoms with E-state index in [9.17, 15) is 10.1 Å². The van der Waals surface area contributed by atoms with E-state index in [-0.39, 0.29) is 5.82 Å². The summed E-state index contributed by atoms with van der Waals surface area (Å²) in [6.45, 7) is 0. The largest absolute Gasteiger partial charge is 0.243 e. The number of anilines is 1. The summed E-state index contributed by atoms with van der Waals surface area (Å²) in [5, 5.41) is 9.25. The van der Waals surface area contributed by atoms with Crippen molar-refractivity contribution in [3.8, 4) is 0 Å². The minimum atomic E-state index is -0.687. The van der Waals surface area contributed by atoms with Crippen molar-refractivity contribution in [2.45, 2.75) is 0 Å². The lowest BCUT2D eigenvalue weighted by Gasteiger charge is -1.95. The lowest BCUT2D eigenvalue weighted by Crippen LogP contribution is -2.09. The van der Waals surface area contributed by atoms with Crippen LogP contribution in [-0.4, -0.2) is 15.0 Å². The van der Waals surface area contributed by atoms with Gasteiger partial charge in [0.2, 0.25) is 5.82 Å². The number of hydrogen-bond donors (Lipinski definition) is 1. The highest BCUT2D eigenvalue weighted by Crippen LogP contribution is 2.16. The minimum absolute atomic E-state index is 0.144.